The van der Waals surface area contributed by atoms with Crippen LogP contribution in [0.5, 0.6) is 17.2 Å². The van der Waals surface area contributed by atoms with Crippen molar-refractivity contribution in [2.24, 2.45) is 5.73 Å². The number of benzene rings is 2. The molecule has 5 nitrogen and oxygen atoms in total. The first-order valence-corrected chi connectivity index (χ1v) is 6.30. The highest BCUT2D eigenvalue weighted by Crippen LogP contribution is 2.33. The number of amides is 1. The third-order valence-corrected chi connectivity index (χ3v) is 2.71. The molecule has 0 heterocycles. The quantitative estimate of drug-likeness (QED) is 0.829. The molecular formula is C15H15FN2O3. The Morgan fingerprint density at radius 3 is 2.67 bits per heavy atom. The monoisotopic (exact) mass is 290 g/mol. The van der Waals surface area contributed by atoms with Gasteiger partial charge in [0.15, 0.2) is 17.3 Å². The van der Waals surface area contributed by atoms with Gasteiger partial charge in [-0.2, -0.15) is 0 Å². The highest BCUT2D eigenvalue weighted by Gasteiger charge is 2.11. The lowest BCUT2D eigenvalue weighted by molar-refractivity contribution is 0.1000. The van der Waals surface area contributed by atoms with Crippen LogP contribution in [0.15, 0.2) is 36.4 Å². The summed E-state index contributed by atoms with van der Waals surface area (Å²) in [5.74, 6) is -0.476. The number of hydrogen-bond acceptors (Lipinski definition) is 4. The summed E-state index contributed by atoms with van der Waals surface area (Å²) >= 11 is 0. The van der Waals surface area contributed by atoms with E-state index in [1.54, 1.807) is 25.1 Å². The van der Waals surface area contributed by atoms with Crippen molar-refractivity contribution in [2.45, 2.75) is 6.92 Å². The van der Waals surface area contributed by atoms with E-state index in [1.807, 2.05) is 0 Å². The number of rotatable bonds is 5. The molecule has 0 bridgehead atoms. The third kappa shape index (κ3) is 3.42. The molecule has 21 heavy (non-hydrogen) atoms. The van der Waals surface area contributed by atoms with Crippen LogP contribution in [0.1, 0.15) is 17.3 Å². The molecule has 2 aromatic rings. The number of ether oxygens (including phenoxy) is 2. The zero-order chi connectivity index (χ0) is 15.4. The van der Waals surface area contributed by atoms with Crippen molar-refractivity contribution < 1.29 is 18.7 Å². The second kappa shape index (κ2) is 6.13. The van der Waals surface area contributed by atoms with Crippen LogP contribution in [0.2, 0.25) is 0 Å². The van der Waals surface area contributed by atoms with Gasteiger partial charge in [0.25, 0.3) is 0 Å². The van der Waals surface area contributed by atoms with Crippen molar-refractivity contribution in [3.8, 4) is 17.2 Å². The molecule has 110 valence electrons. The number of anilines is 1. The molecule has 4 N–H and O–H groups in total. The van der Waals surface area contributed by atoms with Crippen molar-refractivity contribution in [2.75, 3.05) is 12.3 Å². The first-order valence-electron chi connectivity index (χ1n) is 6.30. The van der Waals surface area contributed by atoms with E-state index in [0.29, 0.717) is 17.9 Å². The molecule has 2 rings (SSSR count). The Labute approximate surface area is 121 Å². The molecule has 0 radical (unpaired) electrons. The number of primary amides is 1. The number of carbonyl (C=O) groups is 1. The van der Waals surface area contributed by atoms with E-state index in [-0.39, 0.29) is 17.2 Å². The smallest absolute Gasteiger partial charge is 0.248 e. The van der Waals surface area contributed by atoms with Crippen LogP contribution in [0, 0.1) is 5.82 Å². The maximum absolute atomic E-state index is 13.6. The molecule has 2 aromatic carbocycles. The molecule has 0 spiro atoms. The normalized spacial score (nSPS) is 10.2. The summed E-state index contributed by atoms with van der Waals surface area (Å²) in [5, 5.41) is 0. The summed E-state index contributed by atoms with van der Waals surface area (Å²) in [6, 6.07) is 8.79. The lowest BCUT2D eigenvalue weighted by Gasteiger charge is -2.12. The Morgan fingerprint density at radius 2 is 2.00 bits per heavy atom. The Hall–Kier alpha value is -2.76. The summed E-state index contributed by atoms with van der Waals surface area (Å²) in [6.45, 7) is 2.06. The first kappa shape index (κ1) is 14.6. The summed E-state index contributed by atoms with van der Waals surface area (Å²) in [4.78, 5) is 11.1. The Balaban J connectivity index is 2.32. The maximum atomic E-state index is 13.6. The Bertz CT molecular complexity index is 674. The Kier molecular flexibility index (Phi) is 4.27. The minimum atomic E-state index is -0.567. The lowest BCUT2D eigenvalue weighted by atomic mass is 10.2. The first-order chi connectivity index (χ1) is 10.0. The minimum Gasteiger partial charge on any atom is -0.491 e. The molecule has 0 aliphatic rings. The van der Waals surface area contributed by atoms with Crippen LogP contribution < -0.4 is 20.9 Å². The third-order valence-electron chi connectivity index (χ3n) is 2.71. The SMILES string of the molecule is CCOc1cc(Oc2cccc(C(N)=O)c2)c(N)cc1F. The van der Waals surface area contributed by atoms with Crippen molar-refractivity contribution in [3.63, 3.8) is 0 Å². The van der Waals surface area contributed by atoms with Gasteiger partial charge in [-0.1, -0.05) is 6.07 Å². The van der Waals surface area contributed by atoms with E-state index in [4.69, 9.17) is 20.9 Å². The molecule has 0 fully saturated rings. The summed E-state index contributed by atoms with van der Waals surface area (Å²) in [7, 11) is 0. The largest absolute Gasteiger partial charge is 0.491 e. The van der Waals surface area contributed by atoms with E-state index in [9.17, 15) is 9.18 Å². The van der Waals surface area contributed by atoms with E-state index in [1.165, 1.54) is 12.1 Å². The van der Waals surface area contributed by atoms with Crippen LogP contribution in [0.25, 0.3) is 0 Å². The van der Waals surface area contributed by atoms with Crippen LogP contribution in [-0.4, -0.2) is 12.5 Å². The van der Waals surface area contributed by atoms with E-state index in [0.717, 1.165) is 6.07 Å². The van der Waals surface area contributed by atoms with Crippen LogP contribution in [-0.2, 0) is 0 Å². The number of nitrogen functional groups attached to an aromatic ring is 1. The van der Waals surface area contributed by atoms with Gasteiger partial charge in [-0.15, -0.1) is 0 Å². The molecule has 0 aromatic heterocycles. The molecule has 6 heteroatoms. The van der Waals surface area contributed by atoms with Crippen LogP contribution in [0.4, 0.5) is 10.1 Å². The summed E-state index contributed by atoms with van der Waals surface area (Å²) < 4.78 is 24.3. The predicted molar refractivity (Wildman–Crippen MR) is 77.0 cm³/mol. The highest BCUT2D eigenvalue weighted by molar-refractivity contribution is 5.93. The average Bonchev–Trinajstić information content (AvgIpc) is 2.44. The van der Waals surface area contributed by atoms with E-state index >= 15 is 0 Å². The van der Waals surface area contributed by atoms with Gasteiger partial charge in [-0.3, -0.25) is 4.79 Å². The molecule has 1 amide bonds. The minimum absolute atomic E-state index is 0.0488. The van der Waals surface area contributed by atoms with Crippen LogP contribution >= 0.6 is 0 Å². The van der Waals surface area contributed by atoms with Gasteiger partial charge in [-0.25, -0.2) is 4.39 Å². The summed E-state index contributed by atoms with van der Waals surface area (Å²) in [5.41, 5.74) is 11.3. The zero-order valence-electron chi connectivity index (χ0n) is 11.4. The fourth-order valence-electron chi connectivity index (χ4n) is 1.74. The van der Waals surface area contributed by atoms with E-state index < -0.39 is 11.7 Å². The fourth-order valence-corrected chi connectivity index (χ4v) is 1.74. The van der Waals surface area contributed by atoms with Crippen molar-refractivity contribution in [3.05, 3.63) is 47.8 Å². The van der Waals surface area contributed by atoms with Gasteiger partial charge in [0.1, 0.15) is 5.75 Å². The summed E-state index contributed by atoms with van der Waals surface area (Å²) in [6.07, 6.45) is 0. The van der Waals surface area contributed by atoms with Gasteiger partial charge in [0.05, 0.1) is 12.3 Å². The molecule has 0 aliphatic carbocycles. The van der Waals surface area contributed by atoms with Crippen molar-refractivity contribution >= 4 is 11.6 Å². The highest BCUT2D eigenvalue weighted by atomic mass is 19.1. The fraction of sp³-hybridized carbons (Fsp3) is 0.133. The molecule has 0 atom stereocenters. The number of nitrogens with two attached hydrogens (primary N) is 2. The van der Waals surface area contributed by atoms with Gasteiger partial charge in [-0.05, 0) is 25.1 Å². The molecule has 0 saturated heterocycles. The molecular weight excluding hydrogens is 275 g/mol. The Morgan fingerprint density at radius 1 is 1.24 bits per heavy atom. The standard InChI is InChI=1S/C15H15FN2O3/c1-2-20-13-8-14(12(17)7-11(13)16)21-10-5-3-4-9(6-10)15(18)19/h3-8H,2,17H2,1H3,(H2,18,19). The van der Waals surface area contributed by atoms with Crippen molar-refractivity contribution in [1.29, 1.82) is 0 Å². The maximum Gasteiger partial charge on any atom is 0.248 e. The van der Waals surface area contributed by atoms with Crippen molar-refractivity contribution in [1.82, 2.24) is 0 Å². The van der Waals surface area contributed by atoms with E-state index in [2.05, 4.69) is 0 Å². The lowest BCUT2D eigenvalue weighted by Crippen LogP contribution is -2.10. The van der Waals surface area contributed by atoms with Gasteiger partial charge in [0, 0.05) is 17.7 Å². The van der Waals surface area contributed by atoms with Gasteiger partial charge < -0.3 is 20.9 Å². The molecule has 0 aliphatic heterocycles. The molecule has 0 saturated carbocycles. The number of halogens is 1. The topological polar surface area (TPSA) is 87.6 Å². The number of hydrogen-bond donors (Lipinski definition) is 2. The second-order valence-corrected chi connectivity index (χ2v) is 4.25. The predicted octanol–water partition coefficient (Wildman–Crippen LogP) is 2.70. The average molecular weight is 290 g/mol. The van der Waals surface area contributed by atoms with Gasteiger partial charge in [0.2, 0.25) is 5.91 Å². The van der Waals surface area contributed by atoms with Crippen LogP contribution in [0.3, 0.4) is 0 Å². The van der Waals surface area contributed by atoms with Gasteiger partial charge >= 0.3 is 0 Å². The number of carbonyl (C=O) groups excluding carboxylic acids is 1. The molecule has 0 unspecified atom stereocenters. The second-order valence-electron chi connectivity index (χ2n) is 4.25. The zero-order valence-corrected chi connectivity index (χ0v) is 11.4.